The predicted octanol–water partition coefficient (Wildman–Crippen LogP) is 2.61. The summed E-state index contributed by atoms with van der Waals surface area (Å²) >= 11 is 0. The van der Waals surface area contributed by atoms with Crippen molar-refractivity contribution in [2.75, 3.05) is 6.61 Å². The lowest BCUT2D eigenvalue weighted by atomic mass is 10.1. The Labute approximate surface area is 114 Å². The molecule has 0 amide bonds. The maximum atomic E-state index is 9.55. The molecule has 5 heteroatoms. The Kier molecular flexibility index (Phi) is 17.0. The molecule has 0 saturated heterocycles. The number of hydrogen-bond donors (Lipinski definition) is 3. The normalized spacial score (nSPS) is 10.4. The van der Waals surface area contributed by atoms with E-state index in [1.807, 2.05) is 0 Å². The SMILES string of the molecule is CCCCCCC=CCCO.O=C(O)/C=C\C(=O)O. The first-order valence-electron chi connectivity index (χ1n) is 6.44. The third kappa shape index (κ3) is 26.2. The van der Waals surface area contributed by atoms with Gasteiger partial charge in [-0.15, -0.1) is 0 Å². The van der Waals surface area contributed by atoms with Crippen LogP contribution in [0.1, 0.15) is 45.4 Å². The molecule has 0 aliphatic rings. The molecule has 0 bridgehead atoms. The number of aliphatic carboxylic acids is 2. The summed E-state index contributed by atoms with van der Waals surface area (Å²) in [6.07, 6.45) is 12.7. The number of unbranched alkanes of at least 4 members (excludes halogenated alkanes) is 4. The van der Waals surface area contributed by atoms with Crippen LogP contribution in [0.4, 0.5) is 0 Å². The van der Waals surface area contributed by atoms with Crippen molar-refractivity contribution in [1.82, 2.24) is 0 Å². The molecule has 0 aliphatic carbocycles. The van der Waals surface area contributed by atoms with Crippen LogP contribution in [0.25, 0.3) is 0 Å². The molecule has 0 atom stereocenters. The molecule has 0 saturated carbocycles. The number of carbonyl (C=O) groups is 2. The second-order valence-electron chi connectivity index (χ2n) is 3.84. The average molecular weight is 272 g/mol. The molecule has 0 rings (SSSR count). The highest BCUT2D eigenvalue weighted by atomic mass is 16.4. The highest BCUT2D eigenvalue weighted by Crippen LogP contribution is 2.02. The molecule has 0 fully saturated rings. The molecule has 0 radical (unpaired) electrons. The molecule has 110 valence electrons. The standard InChI is InChI=1S/C10H20O.C4H4O4/c1-2-3-4-5-6-7-8-9-10-11;5-3(6)1-2-4(7)8/h7-8,11H,2-6,9-10H2,1H3;1-2H,(H,5,6)(H,7,8)/b;2-1-. The minimum absolute atomic E-state index is 0.283. The van der Waals surface area contributed by atoms with Crippen molar-refractivity contribution in [2.24, 2.45) is 0 Å². The number of aliphatic hydroxyl groups excluding tert-OH is 1. The Morgan fingerprint density at radius 3 is 1.84 bits per heavy atom. The van der Waals surface area contributed by atoms with Crippen LogP contribution in [0.15, 0.2) is 24.3 Å². The Bertz CT molecular complexity index is 266. The quantitative estimate of drug-likeness (QED) is 0.341. The molecule has 3 N–H and O–H groups in total. The number of carboxylic acids is 2. The summed E-state index contributed by atoms with van der Waals surface area (Å²) in [6, 6.07) is 0. The Hall–Kier alpha value is -1.62. The summed E-state index contributed by atoms with van der Waals surface area (Å²) in [7, 11) is 0. The maximum Gasteiger partial charge on any atom is 0.328 e. The monoisotopic (exact) mass is 272 g/mol. The fourth-order valence-corrected chi connectivity index (χ4v) is 1.14. The molecule has 0 aromatic rings. The third-order valence-electron chi connectivity index (χ3n) is 2.06. The van der Waals surface area contributed by atoms with Crippen molar-refractivity contribution < 1.29 is 24.9 Å². The summed E-state index contributed by atoms with van der Waals surface area (Å²) in [5.41, 5.74) is 0. The van der Waals surface area contributed by atoms with Crippen LogP contribution in [0, 0.1) is 0 Å². The molecular formula is C14H24O5. The van der Waals surface area contributed by atoms with Crippen LogP contribution in [-0.2, 0) is 9.59 Å². The zero-order valence-corrected chi connectivity index (χ0v) is 11.4. The van der Waals surface area contributed by atoms with Gasteiger partial charge in [0.1, 0.15) is 0 Å². The van der Waals surface area contributed by atoms with Crippen LogP contribution in [0.2, 0.25) is 0 Å². The lowest BCUT2D eigenvalue weighted by Crippen LogP contribution is -1.91. The number of rotatable bonds is 9. The van der Waals surface area contributed by atoms with Gasteiger partial charge in [-0.1, -0.05) is 38.3 Å². The van der Waals surface area contributed by atoms with Crippen LogP contribution in [0.5, 0.6) is 0 Å². The minimum atomic E-state index is -1.26. The van der Waals surface area contributed by atoms with Crippen LogP contribution in [0.3, 0.4) is 0 Å². The van der Waals surface area contributed by atoms with Gasteiger partial charge in [-0.25, -0.2) is 9.59 Å². The molecule has 0 aromatic carbocycles. The van der Waals surface area contributed by atoms with Crippen molar-refractivity contribution in [1.29, 1.82) is 0 Å². The largest absolute Gasteiger partial charge is 0.478 e. The summed E-state index contributed by atoms with van der Waals surface area (Å²) in [5, 5.41) is 24.1. The Morgan fingerprint density at radius 1 is 0.895 bits per heavy atom. The second-order valence-corrected chi connectivity index (χ2v) is 3.84. The average Bonchev–Trinajstić information content (AvgIpc) is 2.36. The molecular weight excluding hydrogens is 248 g/mol. The van der Waals surface area contributed by atoms with E-state index in [9.17, 15) is 9.59 Å². The number of hydrogen-bond acceptors (Lipinski definition) is 3. The fraction of sp³-hybridized carbons (Fsp3) is 0.571. The molecule has 0 aromatic heterocycles. The van der Waals surface area contributed by atoms with Gasteiger partial charge in [-0.3, -0.25) is 0 Å². The Morgan fingerprint density at radius 2 is 1.42 bits per heavy atom. The van der Waals surface area contributed by atoms with Crippen LogP contribution < -0.4 is 0 Å². The molecule has 5 nitrogen and oxygen atoms in total. The summed E-state index contributed by atoms with van der Waals surface area (Å²) in [4.78, 5) is 19.1. The maximum absolute atomic E-state index is 9.55. The van der Waals surface area contributed by atoms with Gasteiger partial charge in [0.25, 0.3) is 0 Å². The van der Waals surface area contributed by atoms with Gasteiger partial charge in [0.05, 0.1) is 0 Å². The fourth-order valence-electron chi connectivity index (χ4n) is 1.14. The predicted molar refractivity (Wildman–Crippen MR) is 74.0 cm³/mol. The van der Waals surface area contributed by atoms with Crippen molar-refractivity contribution >= 4 is 11.9 Å². The van der Waals surface area contributed by atoms with Crippen LogP contribution >= 0.6 is 0 Å². The Balaban J connectivity index is 0. The van der Waals surface area contributed by atoms with E-state index in [0.29, 0.717) is 12.2 Å². The first kappa shape index (κ1) is 19.7. The highest BCUT2D eigenvalue weighted by Gasteiger charge is 1.88. The minimum Gasteiger partial charge on any atom is -0.478 e. The van der Waals surface area contributed by atoms with Gasteiger partial charge in [0.15, 0.2) is 0 Å². The highest BCUT2D eigenvalue weighted by molar-refractivity contribution is 5.89. The molecule has 0 aliphatic heterocycles. The molecule has 19 heavy (non-hydrogen) atoms. The van der Waals surface area contributed by atoms with E-state index >= 15 is 0 Å². The van der Waals surface area contributed by atoms with Gasteiger partial charge >= 0.3 is 11.9 Å². The van der Waals surface area contributed by atoms with Crippen LogP contribution in [-0.4, -0.2) is 33.9 Å². The first-order valence-corrected chi connectivity index (χ1v) is 6.44. The second kappa shape index (κ2) is 16.4. The summed E-state index contributed by atoms with van der Waals surface area (Å²) < 4.78 is 0. The van der Waals surface area contributed by atoms with Gasteiger partial charge in [-0.2, -0.15) is 0 Å². The van der Waals surface area contributed by atoms with E-state index in [0.717, 1.165) is 6.42 Å². The van der Waals surface area contributed by atoms with E-state index < -0.39 is 11.9 Å². The van der Waals surface area contributed by atoms with Crippen molar-refractivity contribution in [3.8, 4) is 0 Å². The van der Waals surface area contributed by atoms with Gasteiger partial charge in [-0.05, 0) is 19.3 Å². The van der Waals surface area contributed by atoms with Gasteiger partial charge in [0, 0.05) is 18.8 Å². The topological polar surface area (TPSA) is 94.8 Å². The zero-order chi connectivity index (χ0) is 14.9. The van der Waals surface area contributed by atoms with E-state index in [2.05, 4.69) is 19.1 Å². The lowest BCUT2D eigenvalue weighted by molar-refractivity contribution is -0.134. The molecule has 0 spiro atoms. The van der Waals surface area contributed by atoms with Gasteiger partial charge in [0.2, 0.25) is 0 Å². The molecule has 0 heterocycles. The van der Waals surface area contributed by atoms with Crippen molar-refractivity contribution in [3.05, 3.63) is 24.3 Å². The summed E-state index contributed by atoms with van der Waals surface area (Å²) in [6.45, 7) is 2.51. The van der Waals surface area contributed by atoms with E-state index in [1.165, 1.54) is 32.1 Å². The van der Waals surface area contributed by atoms with Crippen molar-refractivity contribution in [2.45, 2.75) is 45.4 Å². The smallest absolute Gasteiger partial charge is 0.328 e. The first-order chi connectivity index (χ1) is 9.04. The van der Waals surface area contributed by atoms with Gasteiger partial charge < -0.3 is 15.3 Å². The number of aliphatic hydroxyl groups is 1. The lowest BCUT2D eigenvalue weighted by Gasteiger charge is -1.93. The number of allylic oxidation sites excluding steroid dienone is 1. The summed E-state index contributed by atoms with van der Waals surface area (Å²) in [5.74, 6) is -2.51. The van der Waals surface area contributed by atoms with E-state index in [-0.39, 0.29) is 6.61 Å². The zero-order valence-electron chi connectivity index (χ0n) is 11.4. The number of carboxylic acid groups (broad SMARTS) is 2. The van der Waals surface area contributed by atoms with Crippen molar-refractivity contribution in [3.63, 3.8) is 0 Å². The third-order valence-corrected chi connectivity index (χ3v) is 2.06. The van der Waals surface area contributed by atoms with E-state index in [1.54, 1.807) is 0 Å². The van der Waals surface area contributed by atoms with E-state index in [4.69, 9.17) is 15.3 Å². The molecule has 0 unspecified atom stereocenters.